The predicted octanol–water partition coefficient (Wildman–Crippen LogP) is 0.335. The topological polar surface area (TPSA) is 67.5 Å². The van der Waals surface area contributed by atoms with Gasteiger partial charge in [0.05, 0.1) is 11.8 Å². The third-order valence-corrected chi connectivity index (χ3v) is 2.14. The Morgan fingerprint density at radius 2 is 2.40 bits per heavy atom. The Morgan fingerprint density at radius 3 is 3.07 bits per heavy atom. The Hall–Kier alpha value is -0.910. The lowest BCUT2D eigenvalue weighted by atomic mass is 10.2. The zero-order chi connectivity index (χ0) is 11.1. The van der Waals surface area contributed by atoms with Crippen LogP contribution in [0.15, 0.2) is 12.3 Å². The molecule has 5 heteroatoms. The van der Waals surface area contributed by atoms with Crippen molar-refractivity contribution >= 4 is 0 Å². The Morgan fingerprint density at radius 1 is 1.60 bits per heavy atom. The van der Waals surface area contributed by atoms with Crippen molar-refractivity contribution in [3.05, 3.63) is 18.0 Å². The Kier molecular flexibility index (Phi) is 5.31. The average molecular weight is 214 g/mol. The highest BCUT2D eigenvalue weighted by Crippen LogP contribution is 2.13. The van der Waals surface area contributed by atoms with Gasteiger partial charge in [-0.1, -0.05) is 0 Å². The zero-order valence-corrected chi connectivity index (χ0v) is 8.96. The quantitative estimate of drug-likeness (QED) is 0.642. The van der Waals surface area contributed by atoms with Crippen LogP contribution in [0.4, 0.5) is 0 Å². The van der Waals surface area contributed by atoms with Crippen LogP contribution in [0.1, 0.15) is 24.6 Å². The summed E-state index contributed by atoms with van der Waals surface area (Å²) >= 11 is 0. The summed E-state index contributed by atoms with van der Waals surface area (Å²) < 4.78 is 6.71. The van der Waals surface area contributed by atoms with Gasteiger partial charge in [0.15, 0.2) is 0 Å². The van der Waals surface area contributed by atoms with Gasteiger partial charge >= 0.3 is 0 Å². The number of aliphatic hydroxyl groups is 2. The first-order valence-corrected chi connectivity index (χ1v) is 5.09. The van der Waals surface area contributed by atoms with E-state index in [0.717, 1.165) is 13.0 Å². The van der Waals surface area contributed by atoms with E-state index in [9.17, 15) is 5.11 Å². The largest absolute Gasteiger partial charge is 0.396 e. The highest BCUT2D eigenvalue weighted by atomic mass is 16.5. The second-order valence-corrected chi connectivity index (χ2v) is 3.38. The number of aromatic nitrogens is 2. The molecule has 1 atom stereocenters. The van der Waals surface area contributed by atoms with Gasteiger partial charge in [-0.3, -0.25) is 4.68 Å². The maximum Gasteiger partial charge on any atom is 0.1000 e. The number of hydrogen-bond donors (Lipinski definition) is 2. The maximum absolute atomic E-state index is 9.54. The van der Waals surface area contributed by atoms with Crippen LogP contribution >= 0.6 is 0 Å². The summed E-state index contributed by atoms with van der Waals surface area (Å²) in [6.45, 7) is 1.45. The second-order valence-electron chi connectivity index (χ2n) is 3.38. The highest BCUT2D eigenvalue weighted by molar-refractivity contribution is 5.02. The number of methoxy groups -OCH3 is 1. The molecule has 0 aliphatic carbocycles. The van der Waals surface area contributed by atoms with Gasteiger partial charge in [0.2, 0.25) is 0 Å². The van der Waals surface area contributed by atoms with Gasteiger partial charge in [-0.2, -0.15) is 5.10 Å². The van der Waals surface area contributed by atoms with E-state index < -0.39 is 6.10 Å². The molecule has 1 rings (SSSR count). The lowest BCUT2D eigenvalue weighted by Gasteiger charge is -2.04. The maximum atomic E-state index is 9.54. The summed E-state index contributed by atoms with van der Waals surface area (Å²) in [5.74, 6) is 0. The highest BCUT2D eigenvalue weighted by Gasteiger charge is 2.09. The first kappa shape index (κ1) is 12.2. The van der Waals surface area contributed by atoms with Crippen LogP contribution in [0.2, 0.25) is 0 Å². The fraction of sp³-hybridized carbons (Fsp3) is 0.700. The van der Waals surface area contributed by atoms with Crippen molar-refractivity contribution in [3.8, 4) is 0 Å². The smallest absolute Gasteiger partial charge is 0.1000 e. The van der Waals surface area contributed by atoms with E-state index in [2.05, 4.69) is 5.10 Å². The minimum atomic E-state index is -0.668. The molecular formula is C10H18N2O3. The number of ether oxygens (including phenoxy) is 1. The summed E-state index contributed by atoms with van der Waals surface area (Å²) in [5, 5.41) is 22.4. The molecule has 0 amide bonds. The van der Waals surface area contributed by atoms with E-state index in [1.165, 1.54) is 0 Å². The minimum Gasteiger partial charge on any atom is -0.396 e. The molecule has 0 aliphatic heterocycles. The minimum absolute atomic E-state index is 0.0301. The monoisotopic (exact) mass is 214 g/mol. The molecule has 0 saturated carbocycles. The first-order valence-electron chi connectivity index (χ1n) is 5.09. The molecule has 86 valence electrons. The van der Waals surface area contributed by atoms with Gasteiger partial charge in [-0.15, -0.1) is 0 Å². The third kappa shape index (κ3) is 3.99. The van der Waals surface area contributed by atoms with E-state index in [0.29, 0.717) is 18.7 Å². The van der Waals surface area contributed by atoms with E-state index in [1.54, 1.807) is 17.9 Å². The van der Waals surface area contributed by atoms with Crippen LogP contribution in [0.5, 0.6) is 0 Å². The van der Waals surface area contributed by atoms with Gasteiger partial charge < -0.3 is 14.9 Å². The zero-order valence-electron chi connectivity index (χ0n) is 8.96. The molecule has 1 heterocycles. The van der Waals surface area contributed by atoms with Crippen LogP contribution in [0.25, 0.3) is 0 Å². The molecule has 1 aromatic rings. The second kappa shape index (κ2) is 6.55. The van der Waals surface area contributed by atoms with Crippen molar-refractivity contribution in [1.82, 2.24) is 9.78 Å². The molecule has 15 heavy (non-hydrogen) atoms. The average Bonchev–Trinajstić information content (AvgIpc) is 2.67. The number of hydrogen-bond acceptors (Lipinski definition) is 4. The molecule has 2 N–H and O–H groups in total. The van der Waals surface area contributed by atoms with Gasteiger partial charge in [-0.05, 0) is 12.5 Å². The summed E-state index contributed by atoms with van der Waals surface area (Å²) in [7, 11) is 1.67. The first-order chi connectivity index (χ1) is 7.27. The van der Waals surface area contributed by atoms with E-state index in [4.69, 9.17) is 9.84 Å². The molecule has 0 fully saturated rings. The SMILES string of the molecule is COCCCn1ccc(C(O)CCO)n1. The summed E-state index contributed by atoms with van der Waals surface area (Å²) in [5.41, 5.74) is 0.612. The van der Waals surface area contributed by atoms with Crippen molar-refractivity contribution < 1.29 is 14.9 Å². The molecule has 0 bridgehead atoms. The Labute approximate surface area is 89.3 Å². The van der Waals surface area contributed by atoms with Gasteiger partial charge in [-0.25, -0.2) is 0 Å². The van der Waals surface area contributed by atoms with E-state index in [1.807, 2.05) is 6.20 Å². The van der Waals surface area contributed by atoms with Crippen molar-refractivity contribution in [2.75, 3.05) is 20.3 Å². The van der Waals surface area contributed by atoms with Crippen LogP contribution in [0.3, 0.4) is 0 Å². The number of rotatable bonds is 7. The van der Waals surface area contributed by atoms with Crippen molar-refractivity contribution in [2.24, 2.45) is 0 Å². The van der Waals surface area contributed by atoms with E-state index in [-0.39, 0.29) is 6.61 Å². The van der Waals surface area contributed by atoms with Gasteiger partial charge in [0.1, 0.15) is 0 Å². The molecule has 0 saturated heterocycles. The molecule has 0 radical (unpaired) electrons. The molecule has 0 aromatic carbocycles. The van der Waals surface area contributed by atoms with Crippen LogP contribution < -0.4 is 0 Å². The standard InChI is InChI=1S/C10H18N2O3/c1-15-8-2-5-12-6-3-9(11-12)10(14)4-7-13/h3,6,10,13-14H,2,4-5,7-8H2,1H3. The number of aliphatic hydroxyl groups excluding tert-OH is 2. The molecule has 0 aliphatic rings. The Balaban J connectivity index is 2.41. The van der Waals surface area contributed by atoms with Gasteiger partial charge in [0.25, 0.3) is 0 Å². The summed E-state index contributed by atoms with van der Waals surface area (Å²) in [6.07, 6.45) is 2.38. The summed E-state index contributed by atoms with van der Waals surface area (Å²) in [6, 6.07) is 1.77. The number of nitrogens with zero attached hydrogens (tertiary/aromatic N) is 2. The fourth-order valence-electron chi connectivity index (χ4n) is 1.32. The number of aryl methyl sites for hydroxylation is 1. The van der Waals surface area contributed by atoms with Crippen molar-refractivity contribution in [1.29, 1.82) is 0 Å². The molecule has 5 nitrogen and oxygen atoms in total. The molecule has 0 spiro atoms. The Bertz CT molecular complexity index is 275. The van der Waals surface area contributed by atoms with Crippen LogP contribution in [-0.2, 0) is 11.3 Å². The van der Waals surface area contributed by atoms with Crippen molar-refractivity contribution in [2.45, 2.75) is 25.5 Å². The predicted molar refractivity (Wildman–Crippen MR) is 55.4 cm³/mol. The van der Waals surface area contributed by atoms with Crippen LogP contribution in [-0.4, -0.2) is 40.3 Å². The fourth-order valence-corrected chi connectivity index (χ4v) is 1.32. The lowest BCUT2D eigenvalue weighted by Crippen LogP contribution is -2.05. The molecular weight excluding hydrogens is 196 g/mol. The van der Waals surface area contributed by atoms with Crippen LogP contribution in [0, 0.1) is 0 Å². The third-order valence-electron chi connectivity index (χ3n) is 2.14. The van der Waals surface area contributed by atoms with Gasteiger partial charge in [0, 0.05) is 39.5 Å². The summed E-state index contributed by atoms with van der Waals surface area (Å²) in [4.78, 5) is 0. The van der Waals surface area contributed by atoms with Crippen molar-refractivity contribution in [3.63, 3.8) is 0 Å². The molecule has 1 aromatic heterocycles. The normalized spacial score (nSPS) is 13.0. The van der Waals surface area contributed by atoms with E-state index >= 15 is 0 Å². The lowest BCUT2D eigenvalue weighted by molar-refractivity contribution is 0.129. The molecule has 1 unspecified atom stereocenters.